The van der Waals surface area contributed by atoms with Crippen molar-refractivity contribution in [2.75, 3.05) is 13.6 Å². The summed E-state index contributed by atoms with van der Waals surface area (Å²) in [7, 11) is 3.77. The molecule has 1 heterocycles. The smallest absolute Gasteiger partial charge is 0.0966 e. The van der Waals surface area contributed by atoms with E-state index in [9.17, 15) is 0 Å². The topological polar surface area (TPSA) is 57.7 Å². The highest BCUT2D eigenvalue weighted by Crippen LogP contribution is 2.01. The predicted molar refractivity (Wildman–Crippen MR) is 52.1 cm³/mol. The minimum Gasteiger partial charge on any atom is -0.299 e. The molecule has 76 valence electrons. The Labute approximate surface area is 83.9 Å². The minimum absolute atomic E-state index is 0.0525. The Morgan fingerprint density at radius 3 is 2.93 bits per heavy atom. The molecule has 0 fully saturated rings. The van der Waals surface area contributed by atoms with Crippen LogP contribution in [0.1, 0.15) is 12.6 Å². The lowest BCUT2D eigenvalue weighted by molar-refractivity contribution is 0.299. The molecule has 5 nitrogen and oxygen atoms in total. The van der Waals surface area contributed by atoms with Gasteiger partial charge in [-0.15, -0.1) is 0 Å². The van der Waals surface area contributed by atoms with E-state index in [0.717, 1.165) is 18.8 Å². The van der Waals surface area contributed by atoms with Gasteiger partial charge in [-0.1, -0.05) is 0 Å². The number of hydrogen-bond donors (Lipinski definition) is 0. The summed E-state index contributed by atoms with van der Waals surface area (Å²) in [5.41, 5.74) is 0.931. The molecule has 1 aromatic rings. The summed E-state index contributed by atoms with van der Waals surface area (Å²) in [6.45, 7) is 3.40. The fourth-order valence-corrected chi connectivity index (χ4v) is 1.31. The van der Waals surface area contributed by atoms with E-state index in [1.54, 1.807) is 13.2 Å². The standard InChI is InChI=1S/C9H15N5/c1-8(4-10)6-13(2)7-9-5-11-14(3)12-9/h5,8H,6-7H2,1-3H3. The van der Waals surface area contributed by atoms with Gasteiger partial charge in [0, 0.05) is 20.1 Å². The number of aromatic nitrogens is 3. The zero-order valence-corrected chi connectivity index (χ0v) is 8.80. The average Bonchev–Trinajstić information content (AvgIpc) is 2.50. The Hall–Kier alpha value is -1.41. The zero-order chi connectivity index (χ0) is 10.6. The van der Waals surface area contributed by atoms with E-state index in [0.29, 0.717) is 0 Å². The summed E-state index contributed by atoms with van der Waals surface area (Å²) < 4.78 is 0. The van der Waals surface area contributed by atoms with Crippen LogP contribution in [0, 0.1) is 17.2 Å². The van der Waals surface area contributed by atoms with Crippen LogP contribution in [0.3, 0.4) is 0 Å². The average molecular weight is 193 g/mol. The van der Waals surface area contributed by atoms with E-state index in [1.807, 2.05) is 14.0 Å². The van der Waals surface area contributed by atoms with Crippen LogP contribution in [-0.4, -0.2) is 33.5 Å². The van der Waals surface area contributed by atoms with Crippen LogP contribution in [0.5, 0.6) is 0 Å². The molecule has 5 heteroatoms. The number of nitriles is 1. The molecule has 0 aliphatic carbocycles. The fraction of sp³-hybridized carbons (Fsp3) is 0.667. The van der Waals surface area contributed by atoms with Crippen LogP contribution >= 0.6 is 0 Å². The summed E-state index contributed by atoms with van der Waals surface area (Å²) in [4.78, 5) is 3.61. The van der Waals surface area contributed by atoms with Gasteiger partial charge in [-0.05, 0) is 14.0 Å². The number of hydrogen-bond acceptors (Lipinski definition) is 4. The monoisotopic (exact) mass is 193 g/mol. The van der Waals surface area contributed by atoms with E-state index in [4.69, 9.17) is 5.26 Å². The van der Waals surface area contributed by atoms with Gasteiger partial charge >= 0.3 is 0 Å². The maximum atomic E-state index is 8.65. The minimum atomic E-state index is 0.0525. The summed E-state index contributed by atoms with van der Waals surface area (Å²) in [6.07, 6.45) is 1.74. The predicted octanol–water partition coefficient (Wildman–Crippen LogP) is 0.407. The van der Waals surface area contributed by atoms with Crippen molar-refractivity contribution in [2.24, 2.45) is 13.0 Å². The van der Waals surface area contributed by atoms with Crippen LogP contribution in [0.15, 0.2) is 6.20 Å². The second-order valence-corrected chi connectivity index (χ2v) is 3.55. The number of nitrogens with zero attached hydrogens (tertiary/aromatic N) is 5. The van der Waals surface area contributed by atoms with Gasteiger partial charge in [-0.25, -0.2) is 0 Å². The molecule has 1 atom stereocenters. The van der Waals surface area contributed by atoms with Gasteiger partial charge in [0.2, 0.25) is 0 Å². The summed E-state index contributed by atoms with van der Waals surface area (Å²) >= 11 is 0. The molecule has 0 radical (unpaired) electrons. The third kappa shape index (κ3) is 3.15. The molecule has 0 aliphatic rings. The summed E-state index contributed by atoms with van der Waals surface area (Å²) in [6, 6.07) is 2.20. The van der Waals surface area contributed by atoms with Crippen molar-refractivity contribution < 1.29 is 0 Å². The second kappa shape index (κ2) is 4.72. The van der Waals surface area contributed by atoms with Gasteiger partial charge in [0.1, 0.15) is 0 Å². The first-order valence-corrected chi connectivity index (χ1v) is 4.55. The molecule has 0 saturated carbocycles. The lowest BCUT2D eigenvalue weighted by atomic mass is 10.2. The molecular weight excluding hydrogens is 178 g/mol. The SMILES string of the molecule is CC(C#N)CN(C)Cc1cnn(C)n1. The van der Waals surface area contributed by atoms with E-state index >= 15 is 0 Å². The number of aryl methyl sites for hydroxylation is 1. The molecule has 0 spiro atoms. The molecule has 0 aromatic carbocycles. The molecule has 1 rings (SSSR count). The molecule has 0 aliphatic heterocycles. The maximum absolute atomic E-state index is 8.65. The molecule has 0 amide bonds. The van der Waals surface area contributed by atoms with Crippen LogP contribution in [0.25, 0.3) is 0 Å². The van der Waals surface area contributed by atoms with Gasteiger partial charge in [-0.2, -0.15) is 20.3 Å². The summed E-state index contributed by atoms with van der Waals surface area (Å²) in [5.74, 6) is 0.0525. The van der Waals surface area contributed by atoms with Gasteiger partial charge in [0.25, 0.3) is 0 Å². The highest BCUT2D eigenvalue weighted by atomic mass is 15.5. The van der Waals surface area contributed by atoms with Crippen molar-refractivity contribution in [1.82, 2.24) is 19.9 Å². The highest BCUT2D eigenvalue weighted by molar-refractivity contribution is 4.91. The third-order valence-electron chi connectivity index (χ3n) is 1.88. The van der Waals surface area contributed by atoms with Crippen molar-refractivity contribution in [2.45, 2.75) is 13.5 Å². The number of rotatable bonds is 4. The Bertz CT molecular complexity index is 324. The maximum Gasteiger partial charge on any atom is 0.0966 e. The molecule has 0 saturated heterocycles. The van der Waals surface area contributed by atoms with Gasteiger partial charge in [-0.3, -0.25) is 4.90 Å². The Morgan fingerprint density at radius 2 is 2.43 bits per heavy atom. The molecule has 1 unspecified atom stereocenters. The van der Waals surface area contributed by atoms with Crippen LogP contribution in [-0.2, 0) is 13.6 Å². The lowest BCUT2D eigenvalue weighted by Crippen LogP contribution is -2.23. The van der Waals surface area contributed by atoms with E-state index < -0.39 is 0 Å². The summed E-state index contributed by atoms with van der Waals surface area (Å²) in [5, 5.41) is 16.8. The van der Waals surface area contributed by atoms with Crippen molar-refractivity contribution in [3.05, 3.63) is 11.9 Å². The van der Waals surface area contributed by atoms with Gasteiger partial charge < -0.3 is 0 Å². The van der Waals surface area contributed by atoms with Gasteiger partial charge in [0.05, 0.1) is 23.9 Å². The second-order valence-electron chi connectivity index (χ2n) is 3.55. The van der Waals surface area contributed by atoms with E-state index in [-0.39, 0.29) is 5.92 Å². The molecule has 14 heavy (non-hydrogen) atoms. The Kier molecular flexibility index (Phi) is 3.60. The van der Waals surface area contributed by atoms with E-state index in [2.05, 4.69) is 21.2 Å². The molecule has 1 aromatic heterocycles. The van der Waals surface area contributed by atoms with Crippen molar-refractivity contribution in [1.29, 1.82) is 5.26 Å². The van der Waals surface area contributed by atoms with Crippen LogP contribution < -0.4 is 0 Å². The fourth-order valence-electron chi connectivity index (χ4n) is 1.31. The van der Waals surface area contributed by atoms with Crippen LogP contribution in [0.4, 0.5) is 0 Å². The first-order chi connectivity index (χ1) is 6.61. The third-order valence-corrected chi connectivity index (χ3v) is 1.88. The normalized spacial score (nSPS) is 12.8. The zero-order valence-electron chi connectivity index (χ0n) is 8.80. The highest BCUT2D eigenvalue weighted by Gasteiger charge is 2.07. The molecular formula is C9H15N5. The lowest BCUT2D eigenvalue weighted by Gasteiger charge is -2.15. The quantitative estimate of drug-likeness (QED) is 0.694. The Morgan fingerprint density at radius 1 is 1.71 bits per heavy atom. The van der Waals surface area contributed by atoms with Crippen molar-refractivity contribution >= 4 is 0 Å². The first-order valence-electron chi connectivity index (χ1n) is 4.55. The molecule has 0 N–H and O–H groups in total. The van der Waals surface area contributed by atoms with Gasteiger partial charge in [0.15, 0.2) is 0 Å². The van der Waals surface area contributed by atoms with Crippen molar-refractivity contribution in [3.63, 3.8) is 0 Å². The van der Waals surface area contributed by atoms with E-state index in [1.165, 1.54) is 4.80 Å². The first kappa shape index (κ1) is 10.7. The van der Waals surface area contributed by atoms with Crippen LogP contribution in [0.2, 0.25) is 0 Å². The largest absolute Gasteiger partial charge is 0.299 e. The van der Waals surface area contributed by atoms with Crippen molar-refractivity contribution in [3.8, 4) is 6.07 Å². The Balaban J connectivity index is 2.42. The molecule has 0 bridgehead atoms.